The molecule has 0 radical (unpaired) electrons. The first-order valence-corrected chi connectivity index (χ1v) is 12.7. The van der Waals surface area contributed by atoms with Crippen LogP contribution in [0.2, 0.25) is 5.02 Å². The van der Waals surface area contributed by atoms with E-state index in [4.69, 9.17) is 21.1 Å². The van der Waals surface area contributed by atoms with Crippen LogP contribution in [0.25, 0.3) is 6.08 Å². The number of hydrogen-bond donors (Lipinski definition) is 1. The highest BCUT2D eigenvalue weighted by molar-refractivity contribution is 9.10. The lowest BCUT2D eigenvalue weighted by Gasteiger charge is -2.42. The Labute approximate surface area is 226 Å². The number of nitrogens with zero attached hydrogens (tertiary/aromatic N) is 2. The normalized spacial score (nSPS) is 18.1. The highest BCUT2D eigenvalue weighted by atomic mass is 79.9. The molecule has 2 aliphatic rings. The second-order valence-corrected chi connectivity index (χ2v) is 10.4. The van der Waals surface area contributed by atoms with Crippen molar-refractivity contribution in [1.82, 2.24) is 15.2 Å². The van der Waals surface area contributed by atoms with Crippen LogP contribution in [0.3, 0.4) is 0 Å². The molecule has 3 heterocycles. The number of hydrogen-bond acceptors (Lipinski definition) is 5. The third-order valence-electron chi connectivity index (χ3n) is 6.43. The summed E-state index contributed by atoms with van der Waals surface area (Å²) in [5.74, 6) is -0.00103. The van der Waals surface area contributed by atoms with Crippen molar-refractivity contribution in [3.8, 4) is 11.6 Å². The van der Waals surface area contributed by atoms with E-state index in [9.17, 15) is 14.0 Å². The fourth-order valence-electron chi connectivity index (χ4n) is 4.39. The van der Waals surface area contributed by atoms with Gasteiger partial charge in [0.15, 0.2) is 0 Å². The average Bonchev–Trinajstić information content (AvgIpc) is 3.25. The Hall–Kier alpha value is -3.27. The number of carbonyl (C=O) groups excluding carboxylic acids is 2. The van der Waals surface area contributed by atoms with Crippen LogP contribution in [0.15, 0.2) is 71.3 Å². The van der Waals surface area contributed by atoms with Crippen LogP contribution >= 0.6 is 27.5 Å². The summed E-state index contributed by atoms with van der Waals surface area (Å²) in [6.45, 7) is 1.72. The number of nitrogens with one attached hydrogen (secondary N) is 1. The highest BCUT2D eigenvalue weighted by Crippen LogP contribution is 2.38. The molecule has 2 amide bonds. The number of pyridine rings is 1. The number of halogens is 3. The van der Waals surface area contributed by atoms with Crippen LogP contribution in [0.5, 0.6) is 11.6 Å². The molecule has 2 aliphatic heterocycles. The largest absolute Gasteiger partial charge is 0.439 e. The molecule has 0 aliphatic carbocycles. The molecule has 2 saturated heterocycles. The van der Waals surface area contributed by atoms with Crippen molar-refractivity contribution in [3.63, 3.8) is 0 Å². The SMILES string of the molecule is O=C(/C=C/c1ccc(Br)cc1F)NC1CN(C(=O)c2ccc(Oc3ccc(Cl)cn3)cc2)CC12COC2. The summed E-state index contributed by atoms with van der Waals surface area (Å²) in [6.07, 6.45) is 4.23. The van der Waals surface area contributed by atoms with Gasteiger partial charge in [0.25, 0.3) is 5.91 Å². The monoisotopic (exact) mass is 585 g/mol. The molecule has 2 aromatic carbocycles. The molecule has 1 unspecified atom stereocenters. The minimum Gasteiger partial charge on any atom is -0.439 e. The predicted octanol–water partition coefficient (Wildman–Crippen LogP) is 5.10. The molecule has 37 heavy (non-hydrogen) atoms. The molecule has 2 fully saturated rings. The number of rotatable bonds is 6. The fraction of sp³-hybridized carbons (Fsp3) is 0.222. The van der Waals surface area contributed by atoms with E-state index in [1.54, 1.807) is 53.4 Å². The third kappa shape index (κ3) is 5.69. The maximum atomic E-state index is 14.1. The Bertz CT molecular complexity index is 1350. The standard InChI is InChI=1S/C27H22BrClFN3O4/c28-19-5-1-17(22(30)11-19)4-9-24(34)32-23-13-33(14-27(23)15-36-16-27)26(35)18-2-7-21(8-3-18)37-25-10-6-20(29)12-31-25/h1-12,23H,13-16H2,(H,32,34)/b9-4+. The third-order valence-corrected chi connectivity index (χ3v) is 7.15. The zero-order valence-corrected chi connectivity index (χ0v) is 21.8. The van der Waals surface area contributed by atoms with Crippen LogP contribution in [-0.2, 0) is 9.53 Å². The molecule has 3 aromatic rings. The molecular weight excluding hydrogens is 565 g/mol. The van der Waals surface area contributed by atoms with Crippen LogP contribution < -0.4 is 10.1 Å². The van der Waals surface area contributed by atoms with E-state index in [1.807, 2.05) is 0 Å². The van der Waals surface area contributed by atoms with Gasteiger partial charge in [-0.05, 0) is 48.5 Å². The summed E-state index contributed by atoms with van der Waals surface area (Å²) in [5, 5.41) is 3.49. The minimum atomic E-state index is -0.430. The summed E-state index contributed by atoms with van der Waals surface area (Å²) in [7, 11) is 0. The van der Waals surface area contributed by atoms with Crippen LogP contribution in [0, 0.1) is 11.2 Å². The quantitative estimate of drug-likeness (QED) is 0.407. The van der Waals surface area contributed by atoms with Crippen LogP contribution in [0.1, 0.15) is 15.9 Å². The first-order chi connectivity index (χ1) is 17.8. The highest BCUT2D eigenvalue weighted by Gasteiger charge is 2.53. The van der Waals surface area contributed by atoms with Crippen molar-refractivity contribution in [2.75, 3.05) is 26.3 Å². The second kappa shape index (κ2) is 10.6. The van der Waals surface area contributed by atoms with Gasteiger partial charge in [-0.15, -0.1) is 0 Å². The Morgan fingerprint density at radius 2 is 1.97 bits per heavy atom. The van der Waals surface area contributed by atoms with Gasteiger partial charge in [-0.25, -0.2) is 9.37 Å². The van der Waals surface area contributed by atoms with E-state index in [2.05, 4.69) is 26.2 Å². The first kappa shape index (κ1) is 25.4. The first-order valence-electron chi connectivity index (χ1n) is 11.5. The number of likely N-dealkylation sites (tertiary alicyclic amines) is 1. The zero-order valence-electron chi connectivity index (χ0n) is 19.5. The molecule has 7 nitrogen and oxygen atoms in total. The van der Waals surface area contributed by atoms with E-state index in [1.165, 1.54) is 24.4 Å². The summed E-state index contributed by atoms with van der Waals surface area (Å²) in [4.78, 5) is 31.7. The van der Waals surface area contributed by atoms with Crippen molar-refractivity contribution in [2.45, 2.75) is 6.04 Å². The van der Waals surface area contributed by atoms with Gasteiger partial charge in [0.1, 0.15) is 11.6 Å². The second-order valence-electron chi connectivity index (χ2n) is 9.04. The predicted molar refractivity (Wildman–Crippen MR) is 140 cm³/mol. The smallest absolute Gasteiger partial charge is 0.253 e. The molecular formula is C27H22BrClFN3O4. The van der Waals surface area contributed by atoms with Gasteiger partial charge in [0, 0.05) is 47.0 Å². The maximum absolute atomic E-state index is 14.1. The van der Waals surface area contributed by atoms with Gasteiger partial charge in [-0.3, -0.25) is 9.59 Å². The fourth-order valence-corrected chi connectivity index (χ4v) is 4.84. The van der Waals surface area contributed by atoms with E-state index < -0.39 is 5.82 Å². The zero-order chi connectivity index (χ0) is 26.0. The van der Waals surface area contributed by atoms with Crippen molar-refractivity contribution in [3.05, 3.63) is 93.3 Å². The van der Waals surface area contributed by atoms with Gasteiger partial charge in [0.2, 0.25) is 11.8 Å². The lowest BCUT2D eigenvalue weighted by atomic mass is 9.81. The Morgan fingerprint density at radius 1 is 1.19 bits per heavy atom. The maximum Gasteiger partial charge on any atom is 0.253 e. The molecule has 1 spiro atoms. The Kier molecular flexibility index (Phi) is 7.28. The van der Waals surface area contributed by atoms with E-state index in [0.29, 0.717) is 58.6 Å². The molecule has 1 aromatic heterocycles. The van der Waals surface area contributed by atoms with Crippen molar-refractivity contribution >= 4 is 45.4 Å². The molecule has 1 N–H and O–H groups in total. The molecule has 190 valence electrons. The minimum absolute atomic E-state index is 0.147. The van der Waals surface area contributed by atoms with E-state index >= 15 is 0 Å². The topological polar surface area (TPSA) is 80.8 Å². The van der Waals surface area contributed by atoms with Gasteiger partial charge in [-0.2, -0.15) is 0 Å². The molecule has 0 bridgehead atoms. The molecule has 5 rings (SSSR count). The van der Waals surface area contributed by atoms with Gasteiger partial charge >= 0.3 is 0 Å². The summed E-state index contributed by atoms with van der Waals surface area (Å²) in [5.41, 5.74) is 0.470. The lowest BCUT2D eigenvalue weighted by Crippen LogP contribution is -2.57. The Balaban J connectivity index is 1.22. The van der Waals surface area contributed by atoms with E-state index in [0.717, 1.165) is 0 Å². The summed E-state index contributed by atoms with van der Waals surface area (Å²) in [6, 6.07) is 14.5. The van der Waals surface area contributed by atoms with Gasteiger partial charge in [-0.1, -0.05) is 33.6 Å². The number of carbonyl (C=O) groups is 2. The van der Waals surface area contributed by atoms with E-state index in [-0.39, 0.29) is 23.3 Å². The average molecular weight is 587 g/mol. The van der Waals surface area contributed by atoms with Crippen molar-refractivity contribution in [1.29, 1.82) is 0 Å². The summed E-state index contributed by atoms with van der Waals surface area (Å²) < 4.78 is 25.8. The van der Waals surface area contributed by atoms with Gasteiger partial charge in [0.05, 0.1) is 29.7 Å². The molecule has 0 saturated carbocycles. The Morgan fingerprint density at radius 3 is 2.62 bits per heavy atom. The van der Waals surface area contributed by atoms with Crippen LogP contribution in [0.4, 0.5) is 4.39 Å². The lowest BCUT2D eigenvalue weighted by molar-refractivity contribution is -0.129. The number of amides is 2. The van der Waals surface area contributed by atoms with Crippen LogP contribution in [-0.4, -0.2) is 54.0 Å². The van der Waals surface area contributed by atoms with Gasteiger partial charge < -0.3 is 19.7 Å². The molecule has 1 atom stereocenters. The van der Waals surface area contributed by atoms with Crippen molar-refractivity contribution in [2.24, 2.45) is 5.41 Å². The van der Waals surface area contributed by atoms with Crippen molar-refractivity contribution < 1.29 is 23.5 Å². The molecule has 10 heteroatoms. The number of ether oxygens (including phenoxy) is 2. The summed E-state index contributed by atoms with van der Waals surface area (Å²) >= 11 is 9.06. The number of benzene rings is 2. The number of aromatic nitrogens is 1.